The third-order valence-corrected chi connectivity index (χ3v) is 10.2. The molecule has 0 saturated heterocycles. The maximum absolute atomic E-state index is 15.2. The van der Waals surface area contributed by atoms with Crippen LogP contribution < -0.4 is 5.14 Å². The monoisotopic (exact) mass is 625 g/mol. The molecular formula is C31H33F2N5O3S2. The van der Waals surface area contributed by atoms with Gasteiger partial charge in [0.2, 0.25) is 5.13 Å². The summed E-state index contributed by atoms with van der Waals surface area (Å²) in [7, 11) is -1.27. The molecule has 1 fully saturated rings. The number of carboxylic acid groups (broad SMARTS) is 1. The van der Waals surface area contributed by atoms with Crippen molar-refractivity contribution in [2.45, 2.75) is 37.0 Å². The lowest BCUT2D eigenvalue weighted by Gasteiger charge is -2.22. The van der Waals surface area contributed by atoms with Crippen molar-refractivity contribution in [1.82, 2.24) is 19.7 Å². The summed E-state index contributed by atoms with van der Waals surface area (Å²) in [5, 5.41) is 22.1. The second-order valence-corrected chi connectivity index (χ2v) is 14.8. The van der Waals surface area contributed by atoms with Gasteiger partial charge in [0.15, 0.2) is 5.69 Å². The third-order valence-electron chi connectivity index (χ3n) is 8.03. The molecule has 2 aromatic heterocycles. The van der Waals surface area contributed by atoms with Gasteiger partial charge < -0.3 is 10.0 Å². The van der Waals surface area contributed by atoms with E-state index in [1.54, 1.807) is 16.8 Å². The summed E-state index contributed by atoms with van der Waals surface area (Å²) in [6.07, 6.45) is 7.19. The number of nitrogens with zero attached hydrogens (tertiary/aromatic N) is 4. The molecular weight excluding hydrogens is 593 g/mol. The second kappa shape index (κ2) is 11.5. The van der Waals surface area contributed by atoms with Crippen LogP contribution in [0.2, 0.25) is 0 Å². The van der Waals surface area contributed by atoms with Crippen molar-refractivity contribution >= 4 is 33.0 Å². The summed E-state index contributed by atoms with van der Waals surface area (Å²) in [5.74, 6) is -1.63. The fourth-order valence-corrected chi connectivity index (χ4v) is 7.12. The van der Waals surface area contributed by atoms with Gasteiger partial charge in [-0.05, 0) is 90.2 Å². The van der Waals surface area contributed by atoms with Crippen LogP contribution in [-0.4, -0.2) is 61.3 Å². The van der Waals surface area contributed by atoms with Gasteiger partial charge >= 0.3 is 5.97 Å². The lowest BCUT2D eigenvalue weighted by atomic mass is 9.93. The van der Waals surface area contributed by atoms with Crippen molar-refractivity contribution in [3.63, 3.8) is 0 Å². The first-order chi connectivity index (χ1) is 20.5. The zero-order valence-corrected chi connectivity index (χ0v) is 25.6. The lowest BCUT2D eigenvalue weighted by molar-refractivity contribution is 0.0691. The van der Waals surface area contributed by atoms with Crippen LogP contribution in [0.4, 0.5) is 8.78 Å². The highest BCUT2D eigenvalue weighted by molar-refractivity contribution is 8.00. The SMILES string of the molecule is CN1CC=C(c2cc(-c3nn(-c4nc(C(=O)O)cs4)c(CC4CC4)c3Cc3ccc([SH](C)(N)=O)c(F)c3)ccc2F)CC1. The summed E-state index contributed by atoms with van der Waals surface area (Å²) < 4.78 is 44.3. The number of aromatic carboxylic acids is 1. The van der Waals surface area contributed by atoms with Crippen molar-refractivity contribution < 1.29 is 22.9 Å². The Morgan fingerprint density at radius 2 is 1.98 bits per heavy atom. The van der Waals surface area contributed by atoms with Crippen LogP contribution in [0.1, 0.15) is 52.1 Å². The first-order valence-corrected chi connectivity index (χ1v) is 17.2. The smallest absolute Gasteiger partial charge is 0.355 e. The molecule has 226 valence electrons. The van der Waals surface area contributed by atoms with Gasteiger partial charge in [0.1, 0.15) is 11.6 Å². The molecule has 0 bridgehead atoms. The van der Waals surface area contributed by atoms with Gasteiger partial charge in [0.05, 0.1) is 16.3 Å². The first kappa shape index (κ1) is 29.5. The van der Waals surface area contributed by atoms with Gasteiger partial charge in [-0.3, -0.25) is 9.35 Å². The van der Waals surface area contributed by atoms with Crippen LogP contribution in [0.5, 0.6) is 0 Å². The predicted molar refractivity (Wildman–Crippen MR) is 165 cm³/mol. The van der Waals surface area contributed by atoms with E-state index >= 15 is 8.78 Å². The molecule has 12 heteroatoms. The van der Waals surface area contributed by atoms with Crippen molar-refractivity contribution in [1.29, 1.82) is 0 Å². The van der Waals surface area contributed by atoms with E-state index in [2.05, 4.69) is 9.88 Å². The van der Waals surface area contributed by atoms with Gasteiger partial charge in [-0.25, -0.2) is 23.2 Å². The van der Waals surface area contributed by atoms with Gasteiger partial charge in [0.25, 0.3) is 0 Å². The Hall–Kier alpha value is -3.58. The Balaban J connectivity index is 1.51. The number of benzene rings is 2. The highest BCUT2D eigenvalue weighted by Gasteiger charge is 2.30. The van der Waals surface area contributed by atoms with E-state index < -0.39 is 21.9 Å². The normalized spacial score (nSPS) is 16.3. The number of thiol groups is 1. The number of hydrogen-bond acceptors (Lipinski definition) is 6. The third kappa shape index (κ3) is 6.23. The topological polar surface area (TPSA) is 114 Å². The average molecular weight is 626 g/mol. The molecule has 3 N–H and O–H groups in total. The van der Waals surface area contributed by atoms with Crippen molar-refractivity contribution in [3.05, 3.63) is 87.6 Å². The summed E-state index contributed by atoms with van der Waals surface area (Å²) in [4.78, 5) is 18.1. The number of rotatable bonds is 9. The minimum Gasteiger partial charge on any atom is -0.476 e. The van der Waals surface area contributed by atoms with Crippen molar-refractivity contribution in [2.75, 3.05) is 26.4 Å². The highest BCUT2D eigenvalue weighted by atomic mass is 32.3. The minimum absolute atomic E-state index is 0.0102. The zero-order chi connectivity index (χ0) is 30.5. The number of nitrogens with two attached hydrogens (primary N) is 1. The van der Waals surface area contributed by atoms with Gasteiger partial charge in [-0.1, -0.05) is 12.1 Å². The second-order valence-electron chi connectivity index (χ2n) is 11.5. The Kier molecular flexibility index (Phi) is 7.88. The highest BCUT2D eigenvalue weighted by Crippen LogP contribution is 2.39. The zero-order valence-electron chi connectivity index (χ0n) is 23.9. The molecule has 43 heavy (non-hydrogen) atoms. The molecule has 0 amide bonds. The van der Waals surface area contributed by atoms with Gasteiger partial charge in [0, 0.05) is 47.8 Å². The molecule has 2 aliphatic rings. The summed E-state index contributed by atoms with van der Waals surface area (Å²) in [5.41, 5.74) is 5.01. The van der Waals surface area contributed by atoms with Crippen LogP contribution in [0.15, 0.2) is 52.7 Å². The Morgan fingerprint density at radius 3 is 2.60 bits per heavy atom. The number of aromatic nitrogens is 3. The minimum atomic E-state index is -3.30. The van der Waals surface area contributed by atoms with E-state index in [1.165, 1.54) is 41.2 Å². The van der Waals surface area contributed by atoms with E-state index in [0.717, 1.165) is 49.2 Å². The molecule has 0 unspecified atom stereocenters. The number of likely N-dealkylation sites (N-methyl/N-ethyl adjacent to an activating group) is 1. The molecule has 1 saturated carbocycles. The maximum atomic E-state index is 15.2. The average Bonchev–Trinajstić information content (AvgIpc) is 3.51. The van der Waals surface area contributed by atoms with Crippen LogP contribution in [0.25, 0.3) is 22.0 Å². The number of carboxylic acids is 1. The van der Waals surface area contributed by atoms with Gasteiger partial charge in [-0.15, -0.1) is 11.3 Å². The van der Waals surface area contributed by atoms with E-state index in [9.17, 15) is 14.1 Å². The van der Waals surface area contributed by atoms with Crippen LogP contribution in [-0.2, 0) is 23.0 Å². The molecule has 0 spiro atoms. The maximum Gasteiger partial charge on any atom is 0.355 e. The lowest BCUT2D eigenvalue weighted by Crippen LogP contribution is -2.23. The van der Waals surface area contributed by atoms with E-state index in [0.29, 0.717) is 46.3 Å². The molecule has 4 aromatic rings. The summed E-state index contributed by atoms with van der Waals surface area (Å²) in [6.45, 7) is 1.56. The molecule has 0 radical (unpaired) electrons. The molecule has 3 heterocycles. The van der Waals surface area contributed by atoms with Crippen molar-refractivity contribution in [2.24, 2.45) is 11.1 Å². The Labute approximate surface area is 253 Å². The van der Waals surface area contributed by atoms with Crippen molar-refractivity contribution in [3.8, 4) is 16.4 Å². The van der Waals surface area contributed by atoms with Gasteiger partial charge in [-0.2, -0.15) is 5.10 Å². The Bertz CT molecular complexity index is 1800. The fourth-order valence-electron chi connectivity index (χ4n) is 5.48. The number of thiazole rings is 1. The molecule has 1 aliphatic carbocycles. The van der Waals surface area contributed by atoms with Crippen LogP contribution in [0, 0.1) is 17.6 Å². The number of halogens is 2. The molecule has 0 atom stereocenters. The summed E-state index contributed by atoms with van der Waals surface area (Å²) in [6, 6.07) is 9.51. The molecule has 8 nitrogen and oxygen atoms in total. The Morgan fingerprint density at radius 1 is 1.19 bits per heavy atom. The first-order valence-electron chi connectivity index (χ1n) is 14.1. The van der Waals surface area contributed by atoms with Crippen LogP contribution >= 0.6 is 11.3 Å². The summed E-state index contributed by atoms with van der Waals surface area (Å²) >= 11 is 1.18. The molecule has 2 aromatic carbocycles. The fraction of sp³-hybridized carbons (Fsp3) is 0.323. The van der Waals surface area contributed by atoms with E-state index in [-0.39, 0.29) is 16.4 Å². The van der Waals surface area contributed by atoms with E-state index in [4.69, 9.17) is 10.2 Å². The largest absolute Gasteiger partial charge is 0.476 e. The number of hydrogen-bond donors (Lipinski definition) is 3. The molecule has 1 aliphatic heterocycles. The number of carbonyl (C=O) groups is 1. The standard InChI is InChI=1S/C31H33F2N5O3S2/c1-37-11-9-20(10-12-37)22-16-21(6-7-24(22)32)29-23(13-19-5-8-28(25(33)14-19)43(2,34)41)27(15-18-3-4-18)38(36-29)31-35-26(17-42-31)30(39)40/h5-9,14,16-18,43H,3-4,10-13,15H2,1-2H3,(H2,34,41)(H,39,40). The van der Waals surface area contributed by atoms with E-state index in [1.807, 2.05) is 19.2 Å². The molecule has 6 rings (SSSR count). The van der Waals surface area contributed by atoms with Crippen LogP contribution in [0.3, 0.4) is 0 Å². The quantitative estimate of drug-likeness (QED) is 0.223. The predicted octanol–water partition coefficient (Wildman–Crippen LogP) is 5.11.